The summed E-state index contributed by atoms with van der Waals surface area (Å²) in [5, 5.41) is 6.77. The molecule has 1 aromatic carbocycles. The Balaban J connectivity index is 1.75. The monoisotopic (exact) mass is 318 g/mol. The molecule has 0 aromatic heterocycles. The molecule has 0 spiro atoms. The van der Waals surface area contributed by atoms with Gasteiger partial charge >= 0.3 is 0 Å². The summed E-state index contributed by atoms with van der Waals surface area (Å²) in [5.41, 5.74) is 2.64. The second-order valence-electron chi connectivity index (χ2n) is 6.40. The molecule has 0 saturated carbocycles. The average molecular weight is 318 g/mol. The summed E-state index contributed by atoms with van der Waals surface area (Å²) in [7, 11) is 3.94. The van der Waals surface area contributed by atoms with Crippen molar-refractivity contribution < 1.29 is 4.74 Å². The molecule has 1 fully saturated rings. The lowest BCUT2D eigenvalue weighted by atomic mass is 10.0. The highest BCUT2D eigenvalue weighted by atomic mass is 16.5. The van der Waals surface area contributed by atoms with Gasteiger partial charge in [0.1, 0.15) is 0 Å². The van der Waals surface area contributed by atoms with Gasteiger partial charge in [0.05, 0.1) is 12.7 Å². The van der Waals surface area contributed by atoms with Crippen LogP contribution in [0.3, 0.4) is 0 Å². The number of nitrogens with one attached hydrogen (secondary N) is 2. The number of nitrogens with zero attached hydrogens (tertiary/aromatic N) is 2. The molecule has 2 atom stereocenters. The van der Waals surface area contributed by atoms with E-state index in [2.05, 4.69) is 65.7 Å². The number of morpholine rings is 1. The Bertz CT molecular complexity index is 500. The van der Waals surface area contributed by atoms with Crippen LogP contribution in [0.2, 0.25) is 0 Å². The highest BCUT2D eigenvalue weighted by Gasteiger charge is 2.17. The highest BCUT2D eigenvalue weighted by molar-refractivity contribution is 5.79. The zero-order valence-corrected chi connectivity index (χ0v) is 14.8. The van der Waals surface area contributed by atoms with E-state index in [0.29, 0.717) is 5.92 Å². The van der Waals surface area contributed by atoms with Crippen LogP contribution in [0.4, 0.5) is 0 Å². The van der Waals surface area contributed by atoms with E-state index in [1.54, 1.807) is 7.05 Å². The maximum absolute atomic E-state index is 5.76. The first-order chi connectivity index (χ1) is 11.1. The molecule has 23 heavy (non-hydrogen) atoms. The molecule has 2 rings (SSSR count). The zero-order valence-electron chi connectivity index (χ0n) is 14.8. The van der Waals surface area contributed by atoms with Gasteiger partial charge in [0.15, 0.2) is 5.96 Å². The Kier molecular flexibility index (Phi) is 6.86. The fourth-order valence-corrected chi connectivity index (χ4v) is 2.68. The standard InChI is InChI=1S/C18H30N4O/c1-14-5-7-16(8-6-14)15(2)11-20-18(19-3)21-12-17-13-22(4)9-10-23-17/h5-8,15,17H,9-13H2,1-4H3,(H2,19,20,21). The Labute approximate surface area is 140 Å². The van der Waals surface area contributed by atoms with Crippen LogP contribution in [0, 0.1) is 6.92 Å². The maximum atomic E-state index is 5.76. The van der Waals surface area contributed by atoms with Gasteiger partial charge in [-0.2, -0.15) is 0 Å². The summed E-state index contributed by atoms with van der Waals surface area (Å²) >= 11 is 0. The van der Waals surface area contributed by atoms with Gasteiger partial charge in [-0.05, 0) is 25.5 Å². The fourth-order valence-electron chi connectivity index (χ4n) is 2.68. The van der Waals surface area contributed by atoms with Gasteiger partial charge in [0.2, 0.25) is 0 Å². The van der Waals surface area contributed by atoms with Crippen molar-refractivity contribution in [1.82, 2.24) is 15.5 Å². The molecule has 1 heterocycles. The summed E-state index contributed by atoms with van der Waals surface area (Å²) in [4.78, 5) is 6.59. The number of guanidine groups is 1. The summed E-state index contributed by atoms with van der Waals surface area (Å²) < 4.78 is 5.76. The van der Waals surface area contributed by atoms with Crippen molar-refractivity contribution >= 4 is 5.96 Å². The first-order valence-corrected chi connectivity index (χ1v) is 8.39. The predicted octanol–water partition coefficient (Wildman–Crippen LogP) is 1.59. The highest BCUT2D eigenvalue weighted by Crippen LogP contribution is 2.14. The van der Waals surface area contributed by atoms with Gasteiger partial charge < -0.3 is 20.3 Å². The summed E-state index contributed by atoms with van der Waals surface area (Å²) in [5.74, 6) is 1.27. The summed E-state index contributed by atoms with van der Waals surface area (Å²) in [6, 6.07) is 8.72. The van der Waals surface area contributed by atoms with Crippen LogP contribution >= 0.6 is 0 Å². The van der Waals surface area contributed by atoms with Crippen molar-refractivity contribution in [3.63, 3.8) is 0 Å². The lowest BCUT2D eigenvalue weighted by Gasteiger charge is -2.30. The molecule has 0 radical (unpaired) electrons. The van der Waals surface area contributed by atoms with Gasteiger partial charge in [0.25, 0.3) is 0 Å². The number of ether oxygens (including phenoxy) is 1. The van der Waals surface area contributed by atoms with Crippen LogP contribution in [0.15, 0.2) is 29.3 Å². The lowest BCUT2D eigenvalue weighted by molar-refractivity contribution is -0.0161. The molecule has 1 aromatic rings. The lowest BCUT2D eigenvalue weighted by Crippen LogP contribution is -2.48. The molecule has 2 unspecified atom stereocenters. The van der Waals surface area contributed by atoms with Gasteiger partial charge in [-0.1, -0.05) is 36.8 Å². The van der Waals surface area contributed by atoms with Gasteiger partial charge in [-0.25, -0.2) is 0 Å². The Hall–Kier alpha value is -1.59. The number of rotatable bonds is 5. The predicted molar refractivity (Wildman–Crippen MR) is 96.2 cm³/mol. The van der Waals surface area contributed by atoms with Crippen molar-refractivity contribution in [2.45, 2.75) is 25.9 Å². The smallest absolute Gasteiger partial charge is 0.191 e. The van der Waals surface area contributed by atoms with Crippen LogP contribution in [0.5, 0.6) is 0 Å². The van der Waals surface area contributed by atoms with E-state index in [1.165, 1.54) is 11.1 Å². The van der Waals surface area contributed by atoms with E-state index in [1.807, 2.05) is 0 Å². The minimum Gasteiger partial charge on any atom is -0.374 e. The molecule has 1 aliphatic heterocycles. The van der Waals surface area contributed by atoms with Crippen molar-refractivity contribution in [3.8, 4) is 0 Å². The minimum atomic E-state index is 0.224. The van der Waals surface area contributed by atoms with E-state index in [-0.39, 0.29) is 6.10 Å². The molecule has 0 bridgehead atoms. The Morgan fingerprint density at radius 3 is 2.74 bits per heavy atom. The normalized spacial score (nSPS) is 21.0. The topological polar surface area (TPSA) is 48.9 Å². The van der Waals surface area contributed by atoms with Crippen LogP contribution < -0.4 is 10.6 Å². The molecule has 0 aliphatic carbocycles. The van der Waals surface area contributed by atoms with E-state index < -0.39 is 0 Å². The third-order valence-electron chi connectivity index (χ3n) is 4.28. The van der Waals surface area contributed by atoms with Crippen molar-refractivity contribution in [2.24, 2.45) is 4.99 Å². The van der Waals surface area contributed by atoms with Crippen LogP contribution in [-0.4, -0.2) is 63.8 Å². The first-order valence-electron chi connectivity index (χ1n) is 8.39. The fraction of sp³-hybridized carbons (Fsp3) is 0.611. The third kappa shape index (κ3) is 5.84. The first kappa shape index (κ1) is 17.8. The molecular formula is C18H30N4O. The summed E-state index contributed by atoms with van der Waals surface area (Å²) in [6.45, 7) is 8.76. The van der Waals surface area contributed by atoms with Crippen molar-refractivity contribution in [1.29, 1.82) is 0 Å². The van der Waals surface area contributed by atoms with Crippen molar-refractivity contribution in [2.75, 3.05) is 46.9 Å². The molecule has 0 amide bonds. The quantitative estimate of drug-likeness (QED) is 0.639. The number of hydrogen-bond donors (Lipinski definition) is 2. The summed E-state index contributed by atoms with van der Waals surface area (Å²) in [6.07, 6.45) is 0.224. The van der Waals surface area contributed by atoms with E-state index in [4.69, 9.17) is 4.74 Å². The molecule has 5 heteroatoms. The third-order valence-corrected chi connectivity index (χ3v) is 4.28. The minimum absolute atomic E-state index is 0.224. The van der Waals surface area contributed by atoms with Crippen LogP contribution in [0.1, 0.15) is 24.0 Å². The molecule has 1 saturated heterocycles. The van der Waals surface area contributed by atoms with Gasteiger partial charge in [0, 0.05) is 33.2 Å². The molecule has 1 aliphatic rings. The largest absolute Gasteiger partial charge is 0.374 e. The van der Waals surface area contributed by atoms with Crippen LogP contribution in [0.25, 0.3) is 0 Å². The van der Waals surface area contributed by atoms with E-state index in [9.17, 15) is 0 Å². The Morgan fingerprint density at radius 1 is 1.35 bits per heavy atom. The van der Waals surface area contributed by atoms with E-state index >= 15 is 0 Å². The van der Waals surface area contributed by atoms with Crippen LogP contribution in [-0.2, 0) is 4.74 Å². The molecule has 128 valence electrons. The van der Waals surface area contributed by atoms with E-state index in [0.717, 1.165) is 38.7 Å². The average Bonchev–Trinajstić information content (AvgIpc) is 2.55. The van der Waals surface area contributed by atoms with Crippen molar-refractivity contribution in [3.05, 3.63) is 35.4 Å². The zero-order chi connectivity index (χ0) is 16.7. The van der Waals surface area contributed by atoms with Gasteiger partial charge in [-0.15, -0.1) is 0 Å². The SMILES string of the molecule is CN=C(NCC1CN(C)CCO1)NCC(C)c1ccc(C)cc1. The molecule has 5 nitrogen and oxygen atoms in total. The second kappa shape index (κ2) is 8.89. The maximum Gasteiger partial charge on any atom is 0.191 e. The molecule has 2 N–H and O–H groups in total. The molecular weight excluding hydrogens is 288 g/mol. The Morgan fingerprint density at radius 2 is 2.09 bits per heavy atom. The number of benzene rings is 1. The van der Waals surface area contributed by atoms with Gasteiger partial charge in [-0.3, -0.25) is 4.99 Å². The second-order valence-corrected chi connectivity index (χ2v) is 6.40. The number of aliphatic imine (C=N–C) groups is 1. The number of hydrogen-bond acceptors (Lipinski definition) is 3. The number of likely N-dealkylation sites (N-methyl/N-ethyl adjacent to an activating group) is 1. The number of aryl methyl sites for hydroxylation is 1.